The molecular formula is C10H15N5S2. The molecule has 0 unspecified atom stereocenters. The van der Waals surface area contributed by atoms with Gasteiger partial charge in [0.25, 0.3) is 0 Å². The molecule has 0 aliphatic rings. The number of aliphatic imine (C=N–C) groups is 1. The largest absolute Gasteiger partial charge is 0.348 e. The number of aromatic amines is 1. The zero-order chi connectivity index (χ0) is 12.5. The number of aromatic nitrogens is 2. The molecule has 0 aliphatic carbocycles. The molecule has 0 saturated heterocycles. The van der Waals surface area contributed by atoms with Gasteiger partial charge in [0, 0.05) is 17.2 Å². The van der Waals surface area contributed by atoms with Crippen molar-refractivity contribution >= 4 is 28.7 Å². The van der Waals surface area contributed by atoms with E-state index in [9.17, 15) is 0 Å². The fourth-order valence-electron chi connectivity index (χ4n) is 1.12. The average Bonchev–Trinajstić information content (AvgIpc) is 2.73. The number of rotatable bonds is 5. The molecule has 1 aromatic rings. The summed E-state index contributed by atoms with van der Waals surface area (Å²) in [6.45, 7) is 2.72. The lowest BCUT2D eigenvalue weighted by Gasteiger charge is -2.00. The Labute approximate surface area is 109 Å². The molecule has 0 aromatic carbocycles. The Balaban J connectivity index is 2.20. The molecule has 0 radical (unpaired) electrons. The fraction of sp³-hybridized carbons (Fsp3) is 0.500. The van der Waals surface area contributed by atoms with Crippen molar-refractivity contribution in [1.29, 1.82) is 5.26 Å². The maximum atomic E-state index is 8.45. The summed E-state index contributed by atoms with van der Waals surface area (Å²) in [6.07, 6.45) is 5.47. The molecule has 0 fully saturated rings. The lowest BCUT2D eigenvalue weighted by atomic mass is 10.4. The van der Waals surface area contributed by atoms with Gasteiger partial charge < -0.3 is 4.98 Å². The van der Waals surface area contributed by atoms with Crippen molar-refractivity contribution in [1.82, 2.24) is 15.3 Å². The summed E-state index contributed by atoms with van der Waals surface area (Å²) in [4.78, 5) is 11.5. The molecule has 1 rings (SSSR count). The number of thioether (sulfide) groups is 2. The van der Waals surface area contributed by atoms with Crippen LogP contribution in [0.1, 0.15) is 11.4 Å². The normalized spacial score (nSPS) is 11.2. The molecule has 1 heterocycles. The van der Waals surface area contributed by atoms with Crippen LogP contribution in [-0.2, 0) is 5.75 Å². The van der Waals surface area contributed by atoms with Gasteiger partial charge in [0.15, 0.2) is 11.4 Å². The highest BCUT2D eigenvalue weighted by atomic mass is 32.2. The van der Waals surface area contributed by atoms with Crippen LogP contribution < -0.4 is 5.32 Å². The minimum Gasteiger partial charge on any atom is -0.348 e. The predicted molar refractivity (Wildman–Crippen MR) is 74.1 cm³/mol. The third-order valence-corrected chi connectivity index (χ3v) is 3.59. The van der Waals surface area contributed by atoms with Gasteiger partial charge in [0.05, 0.1) is 18.6 Å². The molecule has 17 heavy (non-hydrogen) atoms. The molecule has 0 aliphatic heterocycles. The van der Waals surface area contributed by atoms with Crippen LogP contribution in [0.15, 0.2) is 11.3 Å². The Morgan fingerprint density at radius 1 is 1.71 bits per heavy atom. The third kappa shape index (κ3) is 5.15. The van der Waals surface area contributed by atoms with Crippen LogP contribution in [0.3, 0.4) is 0 Å². The first-order valence-corrected chi connectivity index (χ1v) is 7.46. The lowest BCUT2D eigenvalue weighted by Crippen LogP contribution is -2.13. The van der Waals surface area contributed by atoms with Crippen molar-refractivity contribution < 1.29 is 0 Å². The summed E-state index contributed by atoms with van der Waals surface area (Å²) in [7, 11) is 0. The van der Waals surface area contributed by atoms with Gasteiger partial charge in [0.2, 0.25) is 0 Å². The molecule has 5 nitrogen and oxygen atoms in total. The minimum atomic E-state index is 0.670. The summed E-state index contributed by atoms with van der Waals surface area (Å²) in [5.41, 5.74) is 2.22. The first-order chi connectivity index (χ1) is 8.27. The summed E-state index contributed by atoms with van der Waals surface area (Å²) < 4.78 is 0. The molecule has 0 spiro atoms. The van der Waals surface area contributed by atoms with Gasteiger partial charge >= 0.3 is 0 Å². The summed E-state index contributed by atoms with van der Waals surface area (Å²) in [5.74, 6) is 1.81. The molecule has 0 amide bonds. The molecule has 7 heteroatoms. The quantitative estimate of drug-likeness (QED) is 0.280. The standard InChI is InChI=1S/C10H15N5S2/c1-8-9(15-7-14-8)5-17-4-3-12-10(16-2)13-6-11/h7H,3-5H2,1-2H3,(H,12,13)(H,14,15). The van der Waals surface area contributed by atoms with Crippen molar-refractivity contribution in [3.8, 4) is 6.19 Å². The van der Waals surface area contributed by atoms with E-state index < -0.39 is 0 Å². The molecule has 2 N–H and O–H groups in total. The number of hydrogen-bond donors (Lipinski definition) is 2. The monoisotopic (exact) mass is 269 g/mol. The average molecular weight is 269 g/mol. The van der Waals surface area contributed by atoms with Crippen molar-refractivity contribution in [2.75, 3.05) is 18.6 Å². The van der Waals surface area contributed by atoms with Crippen LogP contribution >= 0.6 is 23.5 Å². The highest BCUT2D eigenvalue weighted by Gasteiger charge is 2.00. The maximum Gasteiger partial charge on any atom is 0.183 e. The Hall–Kier alpha value is -1.13. The summed E-state index contributed by atoms with van der Waals surface area (Å²) in [5, 5.41) is 11.7. The second-order valence-electron chi connectivity index (χ2n) is 3.15. The topological polar surface area (TPSA) is 76.9 Å². The number of nitrogens with one attached hydrogen (secondary N) is 2. The van der Waals surface area contributed by atoms with Crippen molar-refractivity contribution in [3.05, 3.63) is 17.7 Å². The molecule has 0 atom stereocenters. The zero-order valence-corrected chi connectivity index (χ0v) is 11.5. The van der Waals surface area contributed by atoms with E-state index in [-0.39, 0.29) is 0 Å². The number of imidazole rings is 1. The number of aryl methyl sites for hydroxylation is 1. The number of amidine groups is 1. The Bertz CT molecular complexity index is 407. The van der Waals surface area contributed by atoms with Crippen LogP contribution in [-0.4, -0.2) is 33.7 Å². The third-order valence-electron chi connectivity index (χ3n) is 2.02. The van der Waals surface area contributed by atoms with Gasteiger partial charge in [-0.3, -0.25) is 10.3 Å². The smallest absolute Gasteiger partial charge is 0.183 e. The first-order valence-electron chi connectivity index (χ1n) is 5.08. The Morgan fingerprint density at radius 3 is 3.12 bits per heavy atom. The second-order valence-corrected chi connectivity index (χ2v) is 5.05. The van der Waals surface area contributed by atoms with Crippen LogP contribution in [0.5, 0.6) is 0 Å². The Morgan fingerprint density at radius 2 is 2.53 bits per heavy atom. The fourth-order valence-corrected chi connectivity index (χ4v) is 2.33. The molecule has 0 saturated carbocycles. The van der Waals surface area contributed by atoms with Crippen LogP contribution in [0.2, 0.25) is 0 Å². The van der Waals surface area contributed by atoms with Gasteiger partial charge in [-0.1, -0.05) is 11.8 Å². The van der Waals surface area contributed by atoms with Crippen molar-refractivity contribution in [2.45, 2.75) is 12.7 Å². The highest BCUT2D eigenvalue weighted by molar-refractivity contribution is 8.13. The van der Waals surface area contributed by atoms with Gasteiger partial charge in [-0.15, -0.1) is 0 Å². The molecule has 0 bridgehead atoms. The van der Waals surface area contributed by atoms with E-state index in [1.165, 1.54) is 11.8 Å². The summed E-state index contributed by atoms with van der Waals surface area (Å²) >= 11 is 3.23. The van der Waals surface area contributed by atoms with E-state index in [1.807, 2.05) is 19.4 Å². The number of nitriles is 1. The lowest BCUT2D eigenvalue weighted by molar-refractivity contribution is 1.11. The van der Waals surface area contributed by atoms with Gasteiger partial charge in [-0.05, 0) is 13.2 Å². The second kappa shape index (κ2) is 8.03. The Kier molecular flexibility index (Phi) is 6.58. The molecule has 92 valence electrons. The van der Waals surface area contributed by atoms with Gasteiger partial charge in [-0.25, -0.2) is 4.98 Å². The van der Waals surface area contributed by atoms with E-state index in [1.54, 1.807) is 18.1 Å². The van der Waals surface area contributed by atoms with Crippen LogP contribution in [0.25, 0.3) is 0 Å². The highest BCUT2D eigenvalue weighted by Crippen LogP contribution is 2.12. The van der Waals surface area contributed by atoms with E-state index in [0.717, 1.165) is 22.9 Å². The van der Waals surface area contributed by atoms with Gasteiger partial charge in [-0.2, -0.15) is 17.0 Å². The number of hydrogen-bond acceptors (Lipinski definition) is 5. The first kappa shape index (κ1) is 13.9. The van der Waals surface area contributed by atoms with E-state index in [2.05, 4.69) is 20.3 Å². The number of H-pyrrole nitrogens is 1. The molecule has 1 aromatic heterocycles. The molecular weight excluding hydrogens is 254 g/mol. The van der Waals surface area contributed by atoms with Crippen LogP contribution in [0, 0.1) is 18.4 Å². The predicted octanol–water partition coefficient (Wildman–Crippen LogP) is 1.74. The SMILES string of the molecule is CS/C(=N\CCSCc1nc[nH]c1C)NC#N. The van der Waals surface area contributed by atoms with Crippen molar-refractivity contribution in [2.24, 2.45) is 4.99 Å². The number of nitrogens with zero attached hydrogens (tertiary/aromatic N) is 3. The van der Waals surface area contributed by atoms with Crippen LogP contribution in [0.4, 0.5) is 0 Å². The van der Waals surface area contributed by atoms with E-state index in [0.29, 0.717) is 11.7 Å². The maximum absolute atomic E-state index is 8.45. The van der Waals surface area contributed by atoms with E-state index in [4.69, 9.17) is 5.26 Å². The summed E-state index contributed by atoms with van der Waals surface area (Å²) in [6, 6.07) is 0. The zero-order valence-electron chi connectivity index (χ0n) is 9.86. The van der Waals surface area contributed by atoms with Gasteiger partial charge in [0.1, 0.15) is 0 Å². The minimum absolute atomic E-state index is 0.670. The van der Waals surface area contributed by atoms with Crippen molar-refractivity contribution in [3.63, 3.8) is 0 Å². The van der Waals surface area contributed by atoms with E-state index >= 15 is 0 Å².